The van der Waals surface area contributed by atoms with Gasteiger partial charge in [0.2, 0.25) is 0 Å². The third-order valence-corrected chi connectivity index (χ3v) is 4.69. The average molecular weight is 249 g/mol. The molecule has 17 heavy (non-hydrogen) atoms. The van der Waals surface area contributed by atoms with Gasteiger partial charge in [-0.15, -0.1) is 0 Å². The maximum atomic E-state index is 12.3. The van der Waals surface area contributed by atoms with Crippen LogP contribution in [0.4, 0.5) is 0 Å². The molecular weight excluding hydrogens is 234 g/mol. The second-order valence-electron chi connectivity index (χ2n) is 4.32. The van der Waals surface area contributed by atoms with Crippen molar-refractivity contribution in [3.05, 3.63) is 24.3 Å². The molecule has 3 rings (SSSR count). The van der Waals surface area contributed by atoms with Crippen molar-refractivity contribution in [2.24, 2.45) is 0 Å². The summed E-state index contributed by atoms with van der Waals surface area (Å²) in [5.41, 5.74) is 1.85. The minimum absolute atomic E-state index is 0.185. The van der Waals surface area contributed by atoms with Gasteiger partial charge in [-0.3, -0.25) is 4.21 Å². The zero-order valence-corrected chi connectivity index (χ0v) is 10.3. The number of H-pyrrole nitrogens is 1. The van der Waals surface area contributed by atoms with Gasteiger partial charge in [0.1, 0.15) is 0 Å². The first kappa shape index (κ1) is 10.9. The largest absolute Gasteiger partial charge is 0.331 e. The normalized spacial score (nSPS) is 22.7. The van der Waals surface area contributed by atoms with Crippen molar-refractivity contribution in [1.29, 1.82) is 0 Å². The van der Waals surface area contributed by atoms with E-state index in [0.29, 0.717) is 5.16 Å². The van der Waals surface area contributed by atoms with Gasteiger partial charge in [-0.2, -0.15) is 0 Å². The molecule has 0 saturated carbocycles. The Labute approximate surface area is 102 Å². The number of piperidine rings is 1. The number of hydrogen-bond donors (Lipinski definition) is 2. The smallest absolute Gasteiger partial charge is 0.197 e. The van der Waals surface area contributed by atoms with Gasteiger partial charge in [-0.05, 0) is 31.5 Å². The molecule has 4 nitrogen and oxygen atoms in total. The number of benzene rings is 1. The van der Waals surface area contributed by atoms with Crippen LogP contribution in [0.5, 0.6) is 0 Å². The number of hydrogen-bond acceptors (Lipinski definition) is 3. The van der Waals surface area contributed by atoms with Gasteiger partial charge < -0.3 is 10.3 Å². The lowest BCUT2D eigenvalue weighted by Crippen LogP contribution is -2.36. The van der Waals surface area contributed by atoms with Gasteiger partial charge in [0.25, 0.3) is 0 Å². The summed E-state index contributed by atoms with van der Waals surface area (Å²) in [5, 5.41) is 4.08. The van der Waals surface area contributed by atoms with Crippen LogP contribution in [0.25, 0.3) is 11.0 Å². The van der Waals surface area contributed by atoms with Crippen molar-refractivity contribution in [3.63, 3.8) is 0 Å². The molecule has 2 aromatic rings. The van der Waals surface area contributed by atoms with E-state index < -0.39 is 10.8 Å². The Morgan fingerprint density at radius 2 is 2.24 bits per heavy atom. The van der Waals surface area contributed by atoms with E-state index in [0.717, 1.165) is 37.0 Å². The number of rotatable bonds is 2. The van der Waals surface area contributed by atoms with Gasteiger partial charge in [0.05, 0.1) is 27.1 Å². The van der Waals surface area contributed by atoms with Crippen molar-refractivity contribution in [3.8, 4) is 0 Å². The van der Waals surface area contributed by atoms with Crippen molar-refractivity contribution in [2.45, 2.75) is 23.2 Å². The second kappa shape index (κ2) is 4.58. The fourth-order valence-corrected chi connectivity index (χ4v) is 3.55. The number of nitrogens with zero attached hydrogens (tertiary/aromatic N) is 1. The van der Waals surface area contributed by atoms with E-state index in [4.69, 9.17) is 0 Å². The summed E-state index contributed by atoms with van der Waals surface area (Å²) in [6.07, 6.45) is 2.10. The van der Waals surface area contributed by atoms with Crippen molar-refractivity contribution >= 4 is 21.8 Å². The van der Waals surface area contributed by atoms with Crippen LogP contribution in [0.2, 0.25) is 0 Å². The first-order valence-electron chi connectivity index (χ1n) is 5.90. The molecule has 0 radical (unpaired) electrons. The summed E-state index contributed by atoms with van der Waals surface area (Å²) < 4.78 is 12.3. The summed E-state index contributed by atoms with van der Waals surface area (Å²) in [6, 6.07) is 7.79. The van der Waals surface area contributed by atoms with Crippen molar-refractivity contribution in [1.82, 2.24) is 15.3 Å². The number of fused-ring (bicyclic) bond motifs is 1. The molecule has 1 saturated heterocycles. The molecule has 1 aliphatic heterocycles. The molecule has 5 heteroatoms. The van der Waals surface area contributed by atoms with E-state index in [-0.39, 0.29) is 5.25 Å². The summed E-state index contributed by atoms with van der Waals surface area (Å²) >= 11 is 0. The second-order valence-corrected chi connectivity index (χ2v) is 5.97. The minimum atomic E-state index is -1.03. The lowest BCUT2D eigenvalue weighted by molar-refractivity contribution is 0.518. The predicted molar refractivity (Wildman–Crippen MR) is 68.4 cm³/mol. The molecule has 2 heterocycles. The topological polar surface area (TPSA) is 57.8 Å². The molecule has 1 aromatic heterocycles. The van der Waals surface area contributed by atoms with Crippen LogP contribution in [-0.4, -0.2) is 32.5 Å². The summed E-state index contributed by atoms with van der Waals surface area (Å²) in [5.74, 6) is 0. The molecule has 0 bridgehead atoms. The summed E-state index contributed by atoms with van der Waals surface area (Å²) in [6.45, 7) is 1.86. The zero-order valence-electron chi connectivity index (χ0n) is 9.48. The molecule has 2 atom stereocenters. The van der Waals surface area contributed by atoms with E-state index in [1.165, 1.54) is 0 Å². The lowest BCUT2D eigenvalue weighted by atomic mass is 10.2. The van der Waals surface area contributed by atoms with E-state index in [1.807, 2.05) is 24.3 Å². The Morgan fingerprint density at radius 3 is 3.00 bits per heavy atom. The highest BCUT2D eigenvalue weighted by atomic mass is 32.2. The molecule has 1 fully saturated rings. The average Bonchev–Trinajstić information content (AvgIpc) is 2.82. The molecule has 0 amide bonds. The molecule has 90 valence electrons. The Kier molecular flexibility index (Phi) is 2.94. The molecule has 0 spiro atoms. The van der Waals surface area contributed by atoms with Crippen LogP contribution < -0.4 is 5.32 Å². The Balaban J connectivity index is 1.89. The third kappa shape index (κ3) is 2.12. The number of aromatic amines is 1. The van der Waals surface area contributed by atoms with Gasteiger partial charge in [-0.25, -0.2) is 4.98 Å². The monoisotopic (exact) mass is 249 g/mol. The first-order valence-corrected chi connectivity index (χ1v) is 7.12. The highest BCUT2D eigenvalue weighted by molar-refractivity contribution is 7.85. The molecular formula is C12H15N3OS. The fraction of sp³-hybridized carbons (Fsp3) is 0.417. The van der Waals surface area contributed by atoms with E-state index in [9.17, 15) is 4.21 Å². The van der Waals surface area contributed by atoms with Gasteiger partial charge in [0.15, 0.2) is 5.16 Å². The van der Waals surface area contributed by atoms with Crippen LogP contribution in [0.1, 0.15) is 12.8 Å². The molecule has 2 N–H and O–H groups in total. The lowest BCUT2D eigenvalue weighted by Gasteiger charge is -2.20. The van der Waals surface area contributed by atoms with Gasteiger partial charge >= 0.3 is 0 Å². The summed E-state index contributed by atoms with van der Waals surface area (Å²) in [7, 11) is -1.03. The van der Waals surface area contributed by atoms with Crippen LogP contribution in [0, 0.1) is 0 Å². The quantitative estimate of drug-likeness (QED) is 0.846. The van der Waals surface area contributed by atoms with Crippen LogP contribution >= 0.6 is 0 Å². The number of aromatic nitrogens is 2. The van der Waals surface area contributed by atoms with Crippen LogP contribution in [0.15, 0.2) is 29.4 Å². The molecule has 1 aliphatic rings. The van der Waals surface area contributed by atoms with E-state index in [1.54, 1.807) is 0 Å². The molecule has 0 aliphatic carbocycles. The maximum Gasteiger partial charge on any atom is 0.197 e. The maximum absolute atomic E-state index is 12.3. The number of para-hydroxylation sites is 2. The minimum Gasteiger partial charge on any atom is -0.331 e. The Bertz CT molecular complexity index is 512. The SMILES string of the molecule is O=S(c1nc2ccccc2[nH]1)C1CCCNC1. The third-order valence-electron chi connectivity index (χ3n) is 3.11. The highest BCUT2D eigenvalue weighted by Gasteiger charge is 2.23. The predicted octanol–water partition coefficient (Wildman–Crippen LogP) is 1.42. The van der Waals surface area contributed by atoms with Crippen molar-refractivity contribution < 1.29 is 4.21 Å². The number of nitrogens with one attached hydrogen (secondary N) is 2. The Hall–Kier alpha value is -1.20. The number of imidazole rings is 1. The van der Waals surface area contributed by atoms with Gasteiger partial charge in [0, 0.05) is 6.54 Å². The fourth-order valence-electron chi connectivity index (χ4n) is 2.19. The summed E-state index contributed by atoms with van der Waals surface area (Å²) in [4.78, 5) is 7.56. The highest BCUT2D eigenvalue weighted by Crippen LogP contribution is 2.18. The van der Waals surface area contributed by atoms with Crippen molar-refractivity contribution in [2.75, 3.05) is 13.1 Å². The van der Waals surface area contributed by atoms with Gasteiger partial charge in [-0.1, -0.05) is 12.1 Å². The first-order chi connectivity index (χ1) is 8.34. The zero-order chi connectivity index (χ0) is 11.7. The standard InChI is InChI=1S/C12H15N3OS/c16-17(9-4-3-7-13-8-9)12-14-10-5-1-2-6-11(10)15-12/h1-2,5-6,9,13H,3-4,7-8H2,(H,14,15). The van der Waals surface area contributed by atoms with Crippen LogP contribution in [-0.2, 0) is 10.8 Å². The Morgan fingerprint density at radius 1 is 1.35 bits per heavy atom. The van der Waals surface area contributed by atoms with E-state index in [2.05, 4.69) is 15.3 Å². The molecule has 1 aromatic carbocycles. The molecule has 2 unspecified atom stereocenters. The van der Waals surface area contributed by atoms with E-state index >= 15 is 0 Å². The van der Waals surface area contributed by atoms with Crippen LogP contribution in [0.3, 0.4) is 0 Å².